The van der Waals surface area contributed by atoms with Crippen molar-refractivity contribution in [3.05, 3.63) is 33.7 Å². The normalized spacial score (nSPS) is 15.7. The first-order valence-electron chi connectivity index (χ1n) is 7.71. The van der Waals surface area contributed by atoms with E-state index in [1.165, 1.54) is 11.3 Å². The minimum absolute atomic E-state index is 0.0807. The van der Waals surface area contributed by atoms with Gasteiger partial charge < -0.3 is 9.64 Å². The first-order chi connectivity index (χ1) is 11.0. The Labute approximate surface area is 139 Å². The molecule has 1 fully saturated rings. The van der Waals surface area contributed by atoms with E-state index in [1.54, 1.807) is 5.51 Å². The summed E-state index contributed by atoms with van der Waals surface area (Å²) < 4.78 is 5.96. The van der Waals surface area contributed by atoms with Gasteiger partial charge in [0.05, 0.1) is 11.2 Å². The van der Waals surface area contributed by atoms with Gasteiger partial charge in [0.15, 0.2) is 0 Å². The van der Waals surface area contributed by atoms with Gasteiger partial charge in [-0.15, -0.1) is 11.3 Å². The van der Waals surface area contributed by atoms with E-state index in [9.17, 15) is 4.79 Å². The number of carbonyl (C=O) groups excluding carboxylic acids is 1. The number of likely N-dealkylation sites (tertiary alicyclic amines) is 1. The van der Waals surface area contributed by atoms with Crippen LogP contribution in [0.25, 0.3) is 0 Å². The molecule has 0 radical (unpaired) electrons. The van der Waals surface area contributed by atoms with E-state index in [2.05, 4.69) is 15.0 Å². The van der Waals surface area contributed by atoms with Crippen molar-refractivity contribution in [3.63, 3.8) is 0 Å². The summed E-state index contributed by atoms with van der Waals surface area (Å²) in [5, 5.41) is 0. The van der Waals surface area contributed by atoms with Crippen LogP contribution in [0, 0.1) is 20.8 Å². The molecule has 2 aromatic heterocycles. The SMILES string of the molecule is Cc1cc(OC2CCN(C(=O)c3scnc3C)CC2)nc(C)n1. The standard InChI is InChI=1S/C16H20N4O2S/c1-10-8-14(19-12(3)18-10)22-13-4-6-20(7-5-13)16(21)15-11(2)17-9-23-15/h8-9,13H,4-7H2,1-3H3. The van der Waals surface area contributed by atoms with E-state index in [0.717, 1.165) is 29.1 Å². The molecule has 3 heterocycles. The Hall–Kier alpha value is -2.02. The zero-order valence-electron chi connectivity index (χ0n) is 13.6. The highest BCUT2D eigenvalue weighted by atomic mass is 32.1. The monoisotopic (exact) mass is 332 g/mol. The minimum Gasteiger partial charge on any atom is -0.474 e. The predicted molar refractivity (Wildman–Crippen MR) is 87.9 cm³/mol. The fraction of sp³-hybridized carbons (Fsp3) is 0.500. The number of hydrogen-bond donors (Lipinski definition) is 0. The van der Waals surface area contributed by atoms with Crippen molar-refractivity contribution in [2.24, 2.45) is 0 Å². The molecule has 23 heavy (non-hydrogen) atoms. The second kappa shape index (κ2) is 6.62. The largest absolute Gasteiger partial charge is 0.474 e. The molecule has 2 aromatic rings. The van der Waals surface area contributed by atoms with E-state index in [0.29, 0.717) is 24.8 Å². The summed E-state index contributed by atoms with van der Waals surface area (Å²) in [6.07, 6.45) is 1.72. The highest BCUT2D eigenvalue weighted by Crippen LogP contribution is 2.21. The molecule has 0 atom stereocenters. The van der Waals surface area contributed by atoms with Gasteiger partial charge in [0, 0.05) is 37.7 Å². The number of ether oxygens (including phenoxy) is 1. The van der Waals surface area contributed by atoms with Crippen LogP contribution in [0.2, 0.25) is 0 Å². The molecule has 6 nitrogen and oxygen atoms in total. The topological polar surface area (TPSA) is 68.2 Å². The first kappa shape index (κ1) is 15.9. The second-order valence-electron chi connectivity index (χ2n) is 5.77. The number of carbonyl (C=O) groups is 1. The van der Waals surface area contributed by atoms with Crippen molar-refractivity contribution in [2.45, 2.75) is 39.7 Å². The van der Waals surface area contributed by atoms with Gasteiger partial charge in [-0.2, -0.15) is 4.98 Å². The zero-order chi connectivity index (χ0) is 16.4. The van der Waals surface area contributed by atoms with Crippen molar-refractivity contribution >= 4 is 17.2 Å². The van der Waals surface area contributed by atoms with Gasteiger partial charge >= 0.3 is 0 Å². The summed E-state index contributed by atoms with van der Waals surface area (Å²) in [6, 6.07) is 1.85. The molecule has 3 rings (SSSR count). The van der Waals surface area contributed by atoms with Gasteiger partial charge in [0.25, 0.3) is 5.91 Å². The maximum Gasteiger partial charge on any atom is 0.265 e. The van der Waals surface area contributed by atoms with Gasteiger partial charge in [-0.1, -0.05) is 0 Å². The van der Waals surface area contributed by atoms with Gasteiger partial charge in [-0.3, -0.25) is 4.79 Å². The molecule has 1 aliphatic rings. The summed E-state index contributed by atoms with van der Waals surface area (Å²) in [5.41, 5.74) is 3.43. The molecular formula is C16H20N4O2S. The Morgan fingerprint density at radius 3 is 2.61 bits per heavy atom. The van der Waals surface area contributed by atoms with Gasteiger partial charge in [-0.05, 0) is 20.8 Å². The van der Waals surface area contributed by atoms with Crippen molar-refractivity contribution in [2.75, 3.05) is 13.1 Å². The maximum absolute atomic E-state index is 12.5. The number of piperidine rings is 1. The summed E-state index contributed by atoms with van der Waals surface area (Å²) in [7, 11) is 0. The van der Waals surface area contributed by atoms with Crippen molar-refractivity contribution in [1.29, 1.82) is 0 Å². The van der Waals surface area contributed by atoms with Crippen LogP contribution in [0.3, 0.4) is 0 Å². The quantitative estimate of drug-likeness (QED) is 0.864. The Bertz CT molecular complexity index is 688. The summed E-state index contributed by atoms with van der Waals surface area (Å²) >= 11 is 1.41. The van der Waals surface area contributed by atoms with Crippen LogP contribution in [0.5, 0.6) is 5.88 Å². The Morgan fingerprint density at radius 2 is 2.00 bits per heavy atom. The average molecular weight is 332 g/mol. The molecule has 0 spiro atoms. The van der Waals surface area contributed by atoms with Gasteiger partial charge in [0.2, 0.25) is 5.88 Å². The van der Waals surface area contributed by atoms with Crippen molar-refractivity contribution in [1.82, 2.24) is 19.9 Å². The molecule has 122 valence electrons. The number of hydrogen-bond acceptors (Lipinski definition) is 6. The van der Waals surface area contributed by atoms with E-state index in [-0.39, 0.29) is 12.0 Å². The van der Waals surface area contributed by atoms with Crippen LogP contribution in [0.1, 0.15) is 39.7 Å². The first-order valence-corrected chi connectivity index (χ1v) is 8.59. The maximum atomic E-state index is 12.5. The number of aromatic nitrogens is 3. The van der Waals surface area contributed by atoms with Gasteiger partial charge in [-0.25, -0.2) is 9.97 Å². The van der Waals surface area contributed by atoms with Crippen LogP contribution in [0.4, 0.5) is 0 Å². The summed E-state index contributed by atoms with van der Waals surface area (Å²) in [4.78, 5) is 27.8. The van der Waals surface area contributed by atoms with E-state index < -0.39 is 0 Å². The van der Waals surface area contributed by atoms with Crippen LogP contribution in [-0.2, 0) is 0 Å². The molecule has 0 aliphatic carbocycles. The fourth-order valence-electron chi connectivity index (χ4n) is 2.74. The molecule has 7 heteroatoms. The number of thiazole rings is 1. The van der Waals surface area contributed by atoms with E-state index in [1.807, 2.05) is 31.7 Å². The zero-order valence-corrected chi connectivity index (χ0v) is 14.4. The smallest absolute Gasteiger partial charge is 0.265 e. The number of nitrogens with zero attached hydrogens (tertiary/aromatic N) is 4. The third kappa shape index (κ3) is 3.67. The molecule has 0 unspecified atom stereocenters. The Balaban J connectivity index is 1.58. The molecule has 0 N–H and O–H groups in total. The lowest BCUT2D eigenvalue weighted by atomic mass is 10.1. The highest BCUT2D eigenvalue weighted by Gasteiger charge is 2.26. The lowest BCUT2D eigenvalue weighted by molar-refractivity contribution is 0.0591. The highest BCUT2D eigenvalue weighted by molar-refractivity contribution is 7.11. The number of aryl methyl sites for hydroxylation is 3. The van der Waals surface area contributed by atoms with Crippen LogP contribution >= 0.6 is 11.3 Å². The van der Waals surface area contributed by atoms with Crippen LogP contribution in [-0.4, -0.2) is 45.0 Å². The van der Waals surface area contributed by atoms with E-state index in [4.69, 9.17) is 4.74 Å². The minimum atomic E-state index is 0.0807. The van der Waals surface area contributed by atoms with Gasteiger partial charge in [0.1, 0.15) is 16.8 Å². The van der Waals surface area contributed by atoms with Crippen LogP contribution < -0.4 is 4.74 Å². The lowest BCUT2D eigenvalue weighted by Crippen LogP contribution is -2.41. The molecule has 0 saturated carbocycles. The lowest BCUT2D eigenvalue weighted by Gasteiger charge is -2.31. The number of rotatable bonds is 3. The van der Waals surface area contributed by atoms with Crippen molar-refractivity contribution < 1.29 is 9.53 Å². The molecule has 1 amide bonds. The third-order valence-electron chi connectivity index (χ3n) is 3.90. The molecule has 1 saturated heterocycles. The Kier molecular flexibility index (Phi) is 4.56. The number of amides is 1. The summed E-state index contributed by atoms with van der Waals surface area (Å²) in [6.45, 7) is 7.06. The Morgan fingerprint density at radius 1 is 1.26 bits per heavy atom. The molecule has 0 bridgehead atoms. The summed E-state index contributed by atoms with van der Waals surface area (Å²) in [5.74, 6) is 1.42. The second-order valence-corrected chi connectivity index (χ2v) is 6.63. The molecule has 0 aromatic carbocycles. The van der Waals surface area contributed by atoms with Crippen molar-refractivity contribution in [3.8, 4) is 5.88 Å². The molecule has 1 aliphatic heterocycles. The fourth-order valence-corrected chi connectivity index (χ4v) is 3.51. The average Bonchev–Trinajstić information content (AvgIpc) is 2.92. The third-order valence-corrected chi connectivity index (χ3v) is 4.82. The van der Waals surface area contributed by atoms with Crippen LogP contribution in [0.15, 0.2) is 11.6 Å². The molecular weight excluding hydrogens is 312 g/mol. The predicted octanol–water partition coefficient (Wildman–Crippen LogP) is 2.54. The van der Waals surface area contributed by atoms with E-state index >= 15 is 0 Å².